The van der Waals surface area contributed by atoms with Gasteiger partial charge in [0.25, 0.3) is 0 Å². The van der Waals surface area contributed by atoms with Crippen molar-refractivity contribution in [1.82, 2.24) is 0 Å². The van der Waals surface area contributed by atoms with Crippen molar-refractivity contribution in [1.29, 1.82) is 0 Å². The average Bonchev–Trinajstić information content (AvgIpc) is 2.79. The lowest BCUT2D eigenvalue weighted by Gasteiger charge is -2.14. The summed E-state index contributed by atoms with van der Waals surface area (Å²) in [5, 5.41) is 0.700. The molecule has 1 saturated carbocycles. The maximum Gasteiger partial charge on any atom is 0.125 e. The minimum atomic E-state index is 0.430. The molecular weight excluding hydrogens is 222 g/mol. The van der Waals surface area contributed by atoms with Crippen LogP contribution in [0.4, 0.5) is 0 Å². The fraction of sp³-hybridized carbons (Fsp3) is 0.538. The molecule has 1 aromatic rings. The summed E-state index contributed by atoms with van der Waals surface area (Å²) in [5.74, 6) is 1.56. The smallest absolute Gasteiger partial charge is 0.125 e. The van der Waals surface area contributed by atoms with E-state index in [2.05, 4.69) is 0 Å². The van der Waals surface area contributed by atoms with E-state index in [0.717, 1.165) is 17.9 Å². The van der Waals surface area contributed by atoms with Gasteiger partial charge in [-0.25, -0.2) is 0 Å². The highest BCUT2D eigenvalue weighted by Gasteiger charge is 2.16. The van der Waals surface area contributed by atoms with Crippen molar-refractivity contribution in [2.75, 3.05) is 6.61 Å². The van der Waals surface area contributed by atoms with E-state index in [1.807, 2.05) is 18.2 Å². The molecule has 0 heterocycles. The van der Waals surface area contributed by atoms with Crippen LogP contribution in [0, 0.1) is 5.92 Å². The normalized spacial score (nSPS) is 16.6. The third-order valence-electron chi connectivity index (χ3n) is 3.23. The summed E-state index contributed by atoms with van der Waals surface area (Å²) < 4.78 is 5.83. The maximum atomic E-state index is 6.06. The lowest BCUT2D eigenvalue weighted by molar-refractivity contribution is 0.250. The fourth-order valence-electron chi connectivity index (χ4n) is 2.26. The van der Waals surface area contributed by atoms with Crippen LogP contribution in [0.1, 0.15) is 31.2 Å². The second-order valence-corrected chi connectivity index (χ2v) is 4.79. The highest BCUT2D eigenvalue weighted by molar-refractivity contribution is 6.31. The van der Waals surface area contributed by atoms with Gasteiger partial charge < -0.3 is 10.5 Å². The van der Waals surface area contributed by atoms with Gasteiger partial charge in [-0.05, 0) is 30.9 Å². The number of nitrogens with two attached hydrogens (primary N) is 1. The van der Waals surface area contributed by atoms with Crippen LogP contribution in [0.25, 0.3) is 0 Å². The van der Waals surface area contributed by atoms with Gasteiger partial charge in [0.2, 0.25) is 0 Å². The van der Waals surface area contributed by atoms with Crippen LogP contribution < -0.4 is 10.5 Å². The maximum absolute atomic E-state index is 6.06. The molecule has 2 N–H and O–H groups in total. The minimum Gasteiger partial charge on any atom is -0.493 e. The van der Waals surface area contributed by atoms with Crippen LogP contribution in [-0.4, -0.2) is 6.61 Å². The zero-order valence-corrected chi connectivity index (χ0v) is 10.2. The first-order chi connectivity index (χ1) is 7.81. The molecule has 0 aromatic heterocycles. The zero-order valence-electron chi connectivity index (χ0n) is 9.42. The van der Waals surface area contributed by atoms with Crippen LogP contribution in [-0.2, 0) is 6.54 Å². The van der Waals surface area contributed by atoms with Crippen molar-refractivity contribution in [2.24, 2.45) is 11.7 Å². The Labute approximate surface area is 102 Å². The Hall–Kier alpha value is -0.730. The molecule has 0 spiro atoms. The van der Waals surface area contributed by atoms with Gasteiger partial charge in [-0.3, -0.25) is 0 Å². The van der Waals surface area contributed by atoms with Gasteiger partial charge in [0, 0.05) is 17.1 Å². The topological polar surface area (TPSA) is 35.2 Å². The third kappa shape index (κ3) is 2.69. The van der Waals surface area contributed by atoms with E-state index in [1.54, 1.807) is 0 Å². The fourth-order valence-corrected chi connectivity index (χ4v) is 2.50. The molecule has 0 atom stereocenters. The van der Waals surface area contributed by atoms with E-state index < -0.39 is 0 Å². The molecule has 2 rings (SSSR count). The molecule has 1 aromatic carbocycles. The Bertz CT molecular complexity index is 348. The molecule has 0 unspecified atom stereocenters. The van der Waals surface area contributed by atoms with Crippen molar-refractivity contribution in [3.63, 3.8) is 0 Å². The third-order valence-corrected chi connectivity index (χ3v) is 3.58. The molecule has 88 valence electrons. The molecule has 1 aliphatic rings. The number of rotatable bonds is 4. The summed E-state index contributed by atoms with van der Waals surface area (Å²) in [6, 6.07) is 5.71. The van der Waals surface area contributed by atoms with Gasteiger partial charge in [0.1, 0.15) is 5.75 Å². The second kappa shape index (κ2) is 5.55. The predicted molar refractivity (Wildman–Crippen MR) is 66.8 cm³/mol. The lowest BCUT2D eigenvalue weighted by Crippen LogP contribution is -2.10. The van der Waals surface area contributed by atoms with Gasteiger partial charge in [-0.15, -0.1) is 0 Å². The molecule has 3 heteroatoms. The number of ether oxygens (including phenoxy) is 1. The molecule has 0 bridgehead atoms. The van der Waals surface area contributed by atoms with E-state index in [1.165, 1.54) is 25.7 Å². The Balaban J connectivity index is 2.00. The van der Waals surface area contributed by atoms with Crippen molar-refractivity contribution < 1.29 is 4.74 Å². The molecule has 16 heavy (non-hydrogen) atoms. The zero-order chi connectivity index (χ0) is 11.4. The standard InChI is InChI=1S/C13H18ClNO/c14-12-6-3-7-13(11(12)8-15)16-9-10-4-1-2-5-10/h3,6-7,10H,1-2,4-5,8-9,15H2. The Morgan fingerprint density at radius 2 is 2.06 bits per heavy atom. The summed E-state index contributed by atoms with van der Waals surface area (Å²) in [6.45, 7) is 1.23. The predicted octanol–water partition coefficient (Wildman–Crippen LogP) is 3.37. The first-order valence-electron chi connectivity index (χ1n) is 5.91. The molecule has 0 aliphatic heterocycles. The van der Waals surface area contributed by atoms with Crippen LogP contribution >= 0.6 is 11.6 Å². The van der Waals surface area contributed by atoms with E-state index >= 15 is 0 Å². The van der Waals surface area contributed by atoms with Gasteiger partial charge in [-0.1, -0.05) is 30.5 Å². The van der Waals surface area contributed by atoms with E-state index in [-0.39, 0.29) is 0 Å². The quantitative estimate of drug-likeness (QED) is 0.875. The molecule has 0 amide bonds. The highest BCUT2D eigenvalue weighted by atomic mass is 35.5. The van der Waals surface area contributed by atoms with Crippen molar-refractivity contribution in [2.45, 2.75) is 32.2 Å². The van der Waals surface area contributed by atoms with Gasteiger partial charge in [0.05, 0.1) is 6.61 Å². The Kier molecular flexibility index (Phi) is 4.08. The minimum absolute atomic E-state index is 0.430. The summed E-state index contributed by atoms with van der Waals surface area (Å²) in [6.07, 6.45) is 5.26. The average molecular weight is 240 g/mol. The molecule has 2 nitrogen and oxygen atoms in total. The number of hydrogen-bond acceptors (Lipinski definition) is 2. The number of benzene rings is 1. The number of hydrogen-bond donors (Lipinski definition) is 1. The first kappa shape index (κ1) is 11.7. The Morgan fingerprint density at radius 3 is 2.75 bits per heavy atom. The summed E-state index contributed by atoms with van der Waals surface area (Å²) in [5.41, 5.74) is 6.59. The molecule has 0 radical (unpaired) electrons. The molecule has 0 saturated heterocycles. The van der Waals surface area contributed by atoms with Crippen LogP contribution in [0.5, 0.6) is 5.75 Å². The SMILES string of the molecule is NCc1c(Cl)cccc1OCC1CCCC1. The lowest BCUT2D eigenvalue weighted by atomic mass is 10.1. The van der Waals surface area contributed by atoms with E-state index in [0.29, 0.717) is 17.5 Å². The molecular formula is C13H18ClNO. The molecule has 1 aliphatic carbocycles. The van der Waals surface area contributed by atoms with Crippen molar-refractivity contribution in [3.8, 4) is 5.75 Å². The van der Waals surface area contributed by atoms with Gasteiger partial charge in [0.15, 0.2) is 0 Å². The number of halogens is 1. The van der Waals surface area contributed by atoms with Gasteiger partial charge in [-0.2, -0.15) is 0 Å². The van der Waals surface area contributed by atoms with Crippen LogP contribution in [0.3, 0.4) is 0 Å². The second-order valence-electron chi connectivity index (χ2n) is 4.38. The van der Waals surface area contributed by atoms with E-state index in [9.17, 15) is 0 Å². The van der Waals surface area contributed by atoms with Crippen molar-refractivity contribution in [3.05, 3.63) is 28.8 Å². The van der Waals surface area contributed by atoms with Crippen LogP contribution in [0.2, 0.25) is 5.02 Å². The van der Waals surface area contributed by atoms with E-state index in [4.69, 9.17) is 22.1 Å². The van der Waals surface area contributed by atoms with Crippen LogP contribution in [0.15, 0.2) is 18.2 Å². The largest absolute Gasteiger partial charge is 0.493 e. The summed E-state index contributed by atoms with van der Waals surface area (Å²) in [4.78, 5) is 0. The summed E-state index contributed by atoms with van der Waals surface area (Å²) in [7, 11) is 0. The monoisotopic (exact) mass is 239 g/mol. The molecule has 1 fully saturated rings. The Morgan fingerprint density at radius 1 is 1.31 bits per heavy atom. The first-order valence-corrected chi connectivity index (χ1v) is 6.29. The highest BCUT2D eigenvalue weighted by Crippen LogP contribution is 2.29. The van der Waals surface area contributed by atoms with Crippen molar-refractivity contribution >= 4 is 11.6 Å². The summed E-state index contributed by atoms with van der Waals surface area (Å²) >= 11 is 6.06. The van der Waals surface area contributed by atoms with Gasteiger partial charge >= 0.3 is 0 Å².